The van der Waals surface area contributed by atoms with Crippen molar-refractivity contribution in [2.24, 2.45) is 0 Å². The smallest absolute Gasteiger partial charge is 0.0998 e. The van der Waals surface area contributed by atoms with Gasteiger partial charge in [-0.3, -0.25) is 0 Å². The van der Waals surface area contributed by atoms with E-state index in [0.717, 1.165) is 12.8 Å². The van der Waals surface area contributed by atoms with E-state index in [2.05, 4.69) is 0 Å². The third-order valence-corrected chi connectivity index (χ3v) is 0.965. The monoisotopic (exact) mass is 83.0 g/mol. The maximum atomic E-state index is 10.3. The SMILES string of the molecule is [O]C1CC=CC1. The van der Waals surface area contributed by atoms with Crippen molar-refractivity contribution in [1.29, 1.82) is 0 Å². The van der Waals surface area contributed by atoms with Gasteiger partial charge in [-0.05, 0) is 12.8 Å². The molecule has 0 aliphatic heterocycles. The summed E-state index contributed by atoms with van der Waals surface area (Å²) in [5.41, 5.74) is 0. The molecule has 0 saturated heterocycles. The summed E-state index contributed by atoms with van der Waals surface area (Å²) >= 11 is 0. The molecule has 0 N–H and O–H groups in total. The fourth-order valence-corrected chi connectivity index (χ4v) is 0.592. The van der Waals surface area contributed by atoms with Crippen LogP contribution in [0.3, 0.4) is 0 Å². The van der Waals surface area contributed by atoms with Crippen LogP contribution < -0.4 is 0 Å². The molecular weight excluding hydrogens is 76.1 g/mol. The lowest BCUT2D eigenvalue weighted by atomic mass is 10.3. The summed E-state index contributed by atoms with van der Waals surface area (Å²) in [7, 11) is 0. The first-order valence-corrected chi connectivity index (χ1v) is 2.20. The molecule has 1 nitrogen and oxygen atoms in total. The van der Waals surface area contributed by atoms with Gasteiger partial charge in [0.2, 0.25) is 0 Å². The lowest BCUT2D eigenvalue weighted by Gasteiger charge is -1.87. The average molecular weight is 83.1 g/mol. The Morgan fingerprint density at radius 2 is 1.83 bits per heavy atom. The quantitative estimate of drug-likeness (QED) is 0.391. The Balaban J connectivity index is 2.32. The Morgan fingerprint density at radius 3 is 2.00 bits per heavy atom. The van der Waals surface area contributed by atoms with Crippen LogP contribution in [0.2, 0.25) is 0 Å². The van der Waals surface area contributed by atoms with Crippen LogP contribution in [0.25, 0.3) is 0 Å². The van der Waals surface area contributed by atoms with Crippen LogP contribution in [0.5, 0.6) is 0 Å². The van der Waals surface area contributed by atoms with Crippen molar-refractivity contribution in [2.75, 3.05) is 0 Å². The lowest BCUT2D eigenvalue weighted by molar-refractivity contribution is 0.101. The van der Waals surface area contributed by atoms with Crippen molar-refractivity contribution in [2.45, 2.75) is 18.9 Å². The van der Waals surface area contributed by atoms with E-state index < -0.39 is 0 Å². The highest BCUT2D eigenvalue weighted by molar-refractivity contribution is 4.93. The summed E-state index contributed by atoms with van der Waals surface area (Å²) < 4.78 is 0. The summed E-state index contributed by atoms with van der Waals surface area (Å²) in [4.78, 5) is 0. The van der Waals surface area contributed by atoms with Gasteiger partial charge >= 0.3 is 0 Å². The predicted molar refractivity (Wildman–Crippen MR) is 22.8 cm³/mol. The van der Waals surface area contributed by atoms with Crippen LogP contribution in [0.15, 0.2) is 12.2 Å². The first-order valence-electron chi connectivity index (χ1n) is 2.20. The maximum absolute atomic E-state index is 10.3. The van der Waals surface area contributed by atoms with Crippen LogP contribution in [0, 0.1) is 0 Å². The Kier molecular flexibility index (Phi) is 0.926. The molecule has 0 spiro atoms. The highest BCUT2D eigenvalue weighted by atomic mass is 16.3. The Morgan fingerprint density at radius 1 is 1.33 bits per heavy atom. The Hall–Kier alpha value is -0.300. The fraction of sp³-hybridized carbons (Fsp3) is 0.600. The van der Waals surface area contributed by atoms with Gasteiger partial charge in [-0.1, -0.05) is 12.2 Å². The number of hydrogen-bond acceptors (Lipinski definition) is 0. The van der Waals surface area contributed by atoms with Crippen molar-refractivity contribution < 1.29 is 5.11 Å². The van der Waals surface area contributed by atoms with Crippen LogP contribution in [0.1, 0.15) is 12.8 Å². The van der Waals surface area contributed by atoms with Gasteiger partial charge in [0.05, 0.1) is 6.10 Å². The van der Waals surface area contributed by atoms with Crippen molar-refractivity contribution in [1.82, 2.24) is 0 Å². The fourth-order valence-electron chi connectivity index (χ4n) is 0.592. The van der Waals surface area contributed by atoms with E-state index in [1.807, 2.05) is 12.2 Å². The minimum Gasteiger partial charge on any atom is -0.232 e. The van der Waals surface area contributed by atoms with E-state index >= 15 is 0 Å². The second kappa shape index (κ2) is 1.43. The van der Waals surface area contributed by atoms with Gasteiger partial charge in [-0.2, -0.15) is 0 Å². The molecule has 1 radical (unpaired) electrons. The first-order chi connectivity index (χ1) is 2.89. The average Bonchev–Trinajstić information content (AvgIpc) is 1.86. The Labute approximate surface area is 37.3 Å². The molecule has 33 valence electrons. The van der Waals surface area contributed by atoms with E-state index in [-0.39, 0.29) is 6.10 Å². The molecule has 0 heterocycles. The first kappa shape index (κ1) is 3.88. The highest BCUT2D eigenvalue weighted by Gasteiger charge is 2.04. The van der Waals surface area contributed by atoms with Crippen molar-refractivity contribution in [3.8, 4) is 0 Å². The molecular formula is C5H7O. The zero-order valence-corrected chi connectivity index (χ0v) is 3.55. The molecule has 0 saturated carbocycles. The van der Waals surface area contributed by atoms with E-state index in [0.29, 0.717) is 0 Å². The topological polar surface area (TPSA) is 19.9 Å². The van der Waals surface area contributed by atoms with Gasteiger partial charge < -0.3 is 0 Å². The largest absolute Gasteiger partial charge is 0.232 e. The molecule has 1 aliphatic carbocycles. The minimum atomic E-state index is -0.315. The molecule has 1 rings (SSSR count). The van der Waals surface area contributed by atoms with Gasteiger partial charge in [0.15, 0.2) is 0 Å². The van der Waals surface area contributed by atoms with E-state index in [9.17, 15) is 5.11 Å². The molecule has 1 aliphatic rings. The van der Waals surface area contributed by atoms with Gasteiger partial charge in [0.25, 0.3) is 0 Å². The molecule has 0 atom stereocenters. The van der Waals surface area contributed by atoms with Crippen LogP contribution in [-0.4, -0.2) is 6.10 Å². The second-order valence-corrected chi connectivity index (χ2v) is 1.56. The zero-order valence-electron chi connectivity index (χ0n) is 3.55. The molecule has 0 fully saturated rings. The van der Waals surface area contributed by atoms with Crippen LogP contribution in [-0.2, 0) is 5.11 Å². The van der Waals surface area contributed by atoms with Gasteiger partial charge in [0.1, 0.15) is 0 Å². The normalized spacial score (nSPS) is 22.8. The minimum absolute atomic E-state index is 0.315. The molecule has 0 aromatic carbocycles. The summed E-state index contributed by atoms with van der Waals surface area (Å²) in [5, 5.41) is 10.3. The Bertz CT molecular complexity index is 58.3. The molecule has 0 bridgehead atoms. The lowest BCUT2D eigenvalue weighted by Crippen LogP contribution is -1.93. The molecule has 6 heavy (non-hydrogen) atoms. The van der Waals surface area contributed by atoms with E-state index in [1.165, 1.54) is 0 Å². The predicted octanol–water partition coefficient (Wildman–Crippen LogP) is 1.14. The van der Waals surface area contributed by atoms with Gasteiger partial charge in [0, 0.05) is 0 Å². The molecule has 0 aromatic heterocycles. The summed E-state index contributed by atoms with van der Waals surface area (Å²) in [6, 6.07) is 0. The van der Waals surface area contributed by atoms with Crippen LogP contribution >= 0.6 is 0 Å². The van der Waals surface area contributed by atoms with Crippen molar-refractivity contribution in [3.63, 3.8) is 0 Å². The second-order valence-electron chi connectivity index (χ2n) is 1.56. The summed E-state index contributed by atoms with van der Waals surface area (Å²) in [6.07, 6.45) is 5.07. The molecule has 0 unspecified atom stereocenters. The summed E-state index contributed by atoms with van der Waals surface area (Å²) in [5.74, 6) is 0. The number of hydrogen-bond donors (Lipinski definition) is 0. The molecule has 0 amide bonds. The van der Waals surface area contributed by atoms with E-state index in [4.69, 9.17) is 0 Å². The standard InChI is InChI=1S/C5H7O/c6-5-3-1-2-4-5/h1-2,5H,3-4H2. The molecule has 0 aromatic rings. The maximum Gasteiger partial charge on any atom is 0.0998 e. The van der Waals surface area contributed by atoms with Gasteiger partial charge in [-0.25, -0.2) is 5.11 Å². The van der Waals surface area contributed by atoms with Crippen molar-refractivity contribution >= 4 is 0 Å². The van der Waals surface area contributed by atoms with Gasteiger partial charge in [-0.15, -0.1) is 0 Å². The highest BCUT2D eigenvalue weighted by Crippen LogP contribution is 2.07. The third-order valence-electron chi connectivity index (χ3n) is 0.965. The van der Waals surface area contributed by atoms with E-state index in [1.54, 1.807) is 0 Å². The number of rotatable bonds is 0. The van der Waals surface area contributed by atoms with Crippen molar-refractivity contribution in [3.05, 3.63) is 12.2 Å². The summed E-state index contributed by atoms with van der Waals surface area (Å²) in [6.45, 7) is 0. The zero-order chi connectivity index (χ0) is 4.41. The third kappa shape index (κ3) is 0.601. The van der Waals surface area contributed by atoms with Crippen LogP contribution in [0.4, 0.5) is 0 Å². The molecule has 1 heteroatoms.